The predicted molar refractivity (Wildman–Crippen MR) is 299 cm³/mol. The summed E-state index contributed by atoms with van der Waals surface area (Å²) < 4.78 is 0. The van der Waals surface area contributed by atoms with Crippen LogP contribution in [0.2, 0.25) is 0 Å². The van der Waals surface area contributed by atoms with Crippen molar-refractivity contribution in [3.63, 3.8) is 0 Å². The summed E-state index contributed by atoms with van der Waals surface area (Å²) in [6, 6.07) is 75.3. The van der Waals surface area contributed by atoms with Gasteiger partial charge in [-0.25, -0.2) is 0 Å². The van der Waals surface area contributed by atoms with Crippen LogP contribution in [-0.4, -0.2) is 0 Å². The lowest BCUT2D eigenvalue weighted by atomic mass is 9.61. The van der Waals surface area contributed by atoms with Crippen molar-refractivity contribution < 1.29 is 0 Å². The molecule has 0 saturated heterocycles. The van der Waals surface area contributed by atoms with E-state index in [1.165, 1.54) is 33.4 Å². The summed E-state index contributed by atoms with van der Waals surface area (Å²) >= 11 is 1.80. The highest BCUT2D eigenvalue weighted by molar-refractivity contribution is 7.99. The van der Waals surface area contributed by atoms with Gasteiger partial charge in [0.2, 0.25) is 0 Å². The van der Waals surface area contributed by atoms with Crippen LogP contribution in [0.1, 0.15) is 97.2 Å². The van der Waals surface area contributed by atoms with Gasteiger partial charge in [-0.1, -0.05) is 199 Å². The fourth-order valence-electron chi connectivity index (χ4n) is 11.0. The van der Waals surface area contributed by atoms with E-state index in [0.29, 0.717) is 11.1 Å². The van der Waals surface area contributed by atoms with Gasteiger partial charge in [0.1, 0.15) is 0 Å². The smallest absolute Gasteiger partial charge is 0.0998 e. The molecular weight excluding hydrogens is 893 g/mol. The molecule has 72 heavy (non-hydrogen) atoms. The molecular formula is C67H56N4S. The van der Waals surface area contributed by atoms with Crippen LogP contribution in [0, 0.1) is 36.5 Å². The van der Waals surface area contributed by atoms with Crippen LogP contribution in [0.4, 0.5) is 34.1 Å². The molecule has 9 aromatic rings. The Balaban J connectivity index is 1.41. The average Bonchev–Trinajstić information content (AvgIpc) is 3.38. The molecule has 0 aliphatic carbocycles. The fourth-order valence-corrected chi connectivity index (χ4v) is 12.3. The van der Waals surface area contributed by atoms with Crippen LogP contribution in [0.3, 0.4) is 0 Å². The van der Waals surface area contributed by atoms with E-state index in [1.54, 1.807) is 11.8 Å². The van der Waals surface area contributed by atoms with E-state index in [4.69, 9.17) is 0 Å². The highest BCUT2D eigenvalue weighted by Gasteiger charge is 2.49. The minimum atomic E-state index is -0.780. The second-order valence-electron chi connectivity index (χ2n) is 21.3. The van der Waals surface area contributed by atoms with Crippen molar-refractivity contribution >= 4 is 45.9 Å². The van der Waals surface area contributed by atoms with Crippen LogP contribution in [0.25, 0.3) is 22.3 Å². The van der Waals surface area contributed by atoms with Gasteiger partial charge in [-0.3, -0.25) is 0 Å². The fraction of sp³-hybridized carbons (Fsp3) is 0.164. The van der Waals surface area contributed by atoms with Crippen molar-refractivity contribution in [1.29, 1.82) is 10.5 Å². The Labute approximate surface area is 429 Å². The zero-order chi connectivity index (χ0) is 50.1. The molecule has 0 fully saturated rings. The first-order valence-electron chi connectivity index (χ1n) is 24.8. The Morgan fingerprint density at radius 2 is 0.778 bits per heavy atom. The lowest BCUT2D eigenvalue weighted by molar-refractivity contribution is 0.583. The van der Waals surface area contributed by atoms with Crippen LogP contribution >= 0.6 is 11.8 Å². The molecule has 9 aromatic carbocycles. The van der Waals surface area contributed by atoms with Crippen molar-refractivity contribution in [3.05, 3.63) is 250 Å². The Bertz CT molecular complexity index is 3530. The molecule has 0 N–H and O–H groups in total. The van der Waals surface area contributed by atoms with Gasteiger partial charge >= 0.3 is 0 Å². The maximum absolute atomic E-state index is 11.0. The van der Waals surface area contributed by atoms with Crippen molar-refractivity contribution in [1.82, 2.24) is 0 Å². The lowest BCUT2D eigenvalue weighted by Crippen LogP contribution is -2.39. The van der Waals surface area contributed by atoms with Gasteiger partial charge in [0, 0.05) is 32.0 Å². The topological polar surface area (TPSA) is 54.1 Å². The summed E-state index contributed by atoms with van der Waals surface area (Å²) in [6.07, 6.45) is 0. The van der Waals surface area contributed by atoms with Gasteiger partial charge in [0.15, 0.2) is 0 Å². The molecule has 2 aliphatic rings. The molecule has 5 heteroatoms. The monoisotopic (exact) mass is 948 g/mol. The third-order valence-electron chi connectivity index (χ3n) is 14.6. The van der Waals surface area contributed by atoms with Crippen molar-refractivity contribution in [3.8, 4) is 34.4 Å². The molecule has 350 valence electrons. The highest BCUT2D eigenvalue weighted by Crippen LogP contribution is 2.64. The predicted octanol–water partition coefficient (Wildman–Crippen LogP) is 18.1. The number of benzene rings is 9. The SMILES string of the molecule is Cc1ccc2c(c1)Sc1cc(C)ccc1N2c1c(-c2ccccc2C#N)ccc(-c2ccccc2C#N)c1N1c2ccc(C(C)(C)C)cc2C(c2ccccc2)(c2ccccc2)c2cc(C(C)(C)C)ccc21. The second-order valence-corrected chi connectivity index (χ2v) is 22.4. The lowest BCUT2D eigenvalue weighted by Gasteiger charge is -2.49. The van der Waals surface area contributed by atoms with E-state index in [2.05, 4.69) is 235 Å². The normalized spacial score (nSPS) is 13.5. The number of hydrogen-bond donors (Lipinski definition) is 0. The first-order valence-corrected chi connectivity index (χ1v) is 25.6. The van der Waals surface area contributed by atoms with Gasteiger partial charge in [-0.2, -0.15) is 10.5 Å². The number of hydrogen-bond acceptors (Lipinski definition) is 5. The summed E-state index contributed by atoms with van der Waals surface area (Å²) in [7, 11) is 0. The van der Waals surface area contributed by atoms with E-state index in [1.807, 2.05) is 36.4 Å². The first-order chi connectivity index (χ1) is 34.7. The Morgan fingerprint density at radius 3 is 1.18 bits per heavy atom. The third kappa shape index (κ3) is 7.51. The van der Waals surface area contributed by atoms with Crippen LogP contribution in [0.15, 0.2) is 204 Å². The number of fused-ring (bicyclic) bond motifs is 4. The molecule has 0 bridgehead atoms. The number of anilines is 6. The maximum Gasteiger partial charge on any atom is 0.0998 e. The highest BCUT2D eigenvalue weighted by atomic mass is 32.2. The first kappa shape index (κ1) is 46.3. The number of nitriles is 2. The summed E-state index contributed by atoms with van der Waals surface area (Å²) in [5.41, 5.74) is 18.8. The van der Waals surface area contributed by atoms with E-state index in [-0.39, 0.29) is 10.8 Å². The van der Waals surface area contributed by atoms with Gasteiger partial charge < -0.3 is 9.80 Å². The molecule has 0 atom stereocenters. The third-order valence-corrected chi connectivity index (χ3v) is 15.7. The van der Waals surface area contributed by atoms with Gasteiger partial charge in [-0.15, -0.1) is 0 Å². The quantitative estimate of drug-likeness (QED) is 0.166. The van der Waals surface area contributed by atoms with E-state index in [9.17, 15) is 10.5 Å². The van der Waals surface area contributed by atoms with Crippen molar-refractivity contribution in [2.24, 2.45) is 0 Å². The molecule has 0 unspecified atom stereocenters. The molecule has 11 rings (SSSR count). The molecule has 0 aromatic heterocycles. The van der Waals surface area contributed by atoms with Crippen molar-refractivity contribution in [2.45, 2.75) is 81.4 Å². The molecule has 2 aliphatic heterocycles. The molecule has 0 saturated carbocycles. The largest absolute Gasteiger partial charge is 0.307 e. The standard InChI is InChI=1S/C67H56N4S/c1-43-27-33-59-61(37-43)72-62-38-44(2)28-34-60(62)71(59)64-54(52-26-18-16-20-46(52)42-69)32-31-53(51-25-17-15-19-45(51)41-68)63(64)70-57-35-29-49(65(3,4)5)39-55(57)67(47-21-11-9-12-22-47,48-23-13-10-14-24-48)56-40-50(66(6,7)8)30-36-58(56)70/h9-40H,1-8H3. The van der Waals surface area contributed by atoms with Gasteiger partial charge in [-0.05, 0) is 118 Å². The number of aryl methyl sites for hydroxylation is 2. The molecule has 0 spiro atoms. The number of nitrogens with zero attached hydrogens (tertiary/aromatic N) is 4. The van der Waals surface area contributed by atoms with Gasteiger partial charge in [0.25, 0.3) is 0 Å². The van der Waals surface area contributed by atoms with E-state index in [0.717, 1.165) is 77.3 Å². The van der Waals surface area contributed by atoms with Gasteiger partial charge in [0.05, 0.1) is 62.8 Å². The van der Waals surface area contributed by atoms with E-state index >= 15 is 0 Å². The summed E-state index contributed by atoms with van der Waals surface area (Å²) in [6.45, 7) is 18.1. The summed E-state index contributed by atoms with van der Waals surface area (Å²) in [5, 5.41) is 22.0. The molecule has 4 nitrogen and oxygen atoms in total. The molecule has 0 radical (unpaired) electrons. The minimum Gasteiger partial charge on any atom is -0.307 e. The van der Waals surface area contributed by atoms with Crippen LogP contribution < -0.4 is 9.80 Å². The zero-order valence-corrected chi connectivity index (χ0v) is 43.0. The molecule has 0 amide bonds. The maximum atomic E-state index is 11.0. The number of rotatable bonds is 6. The minimum absolute atomic E-state index is 0.190. The van der Waals surface area contributed by atoms with E-state index < -0.39 is 5.41 Å². The molecule has 2 heterocycles. The second kappa shape index (κ2) is 17.6. The zero-order valence-electron chi connectivity index (χ0n) is 42.2. The van der Waals surface area contributed by atoms with Crippen LogP contribution in [0.5, 0.6) is 0 Å². The summed E-state index contributed by atoms with van der Waals surface area (Å²) in [5.74, 6) is 0. The average molecular weight is 949 g/mol. The van der Waals surface area contributed by atoms with Crippen molar-refractivity contribution in [2.75, 3.05) is 9.80 Å². The van der Waals surface area contributed by atoms with Crippen LogP contribution in [-0.2, 0) is 16.2 Å². The Hall–Kier alpha value is -8.09. The Morgan fingerprint density at radius 1 is 0.403 bits per heavy atom. The Kier molecular flexibility index (Phi) is 11.3. The summed E-state index contributed by atoms with van der Waals surface area (Å²) in [4.78, 5) is 7.23.